The molecule has 0 fully saturated rings. The van der Waals surface area contributed by atoms with Crippen molar-refractivity contribution in [3.05, 3.63) is 0 Å². The second-order valence-corrected chi connectivity index (χ2v) is 3.13. The van der Waals surface area contributed by atoms with Crippen LogP contribution in [0.4, 0.5) is 0 Å². The molecule has 0 heterocycles. The van der Waals surface area contributed by atoms with Crippen molar-refractivity contribution in [3.63, 3.8) is 0 Å². The van der Waals surface area contributed by atoms with Gasteiger partial charge in [0.05, 0.1) is 0 Å². The van der Waals surface area contributed by atoms with Crippen LogP contribution in [0.25, 0.3) is 0 Å². The van der Waals surface area contributed by atoms with Crippen molar-refractivity contribution in [1.82, 2.24) is 18.5 Å². The van der Waals surface area contributed by atoms with Crippen LogP contribution in [0.3, 0.4) is 0 Å². The largest absolute Gasteiger partial charge is 0.479 e. The van der Waals surface area contributed by atoms with Gasteiger partial charge in [-0.2, -0.15) is 0 Å². The SMILES string of the molecule is N.N.N.O=C(O)C(O)C(O)C(=O)O.O=C(O)[C@H](O)[C@@H](O)C(=O)O. The maximum absolute atomic E-state index is 9.77. The number of carboxylic acids is 4. The van der Waals surface area contributed by atoms with Gasteiger partial charge in [-0.1, -0.05) is 0 Å². The standard InChI is InChI=1S/2C4H6O6.3H3N/c2*5-1(3(7)8)2(6)4(9)10;;;/h2*1-2,5-6H,(H,7,8)(H,9,10);3*1H3/t1-,2-;;;;/m1..../s1. The molecule has 0 aromatic rings. The molecule has 0 amide bonds. The quantitative estimate of drug-likeness (QED) is 0.218. The summed E-state index contributed by atoms with van der Waals surface area (Å²) in [6.45, 7) is 0. The van der Waals surface area contributed by atoms with E-state index in [0.29, 0.717) is 0 Å². The fraction of sp³-hybridized carbons (Fsp3) is 0.500. The molecule has 0 aromatic carbocycles. The molecule has 0 bridgehead atoms. The van der Waals surface area contributed by atoms with E-state index in [9.17, 15) is 19.2 Å². The number of hydrogen-bond donors (Lipinski definition) is 11. The fourth-order valence-corrected chi connectivity index (χ4v) is 0.540. The minimum atomic E-state index is -2.27. The van der Waals surface area contributed by atoms with Crippen LogP contribution in [0.5, 0.6) is 0 Å². The van der Waals surface area contributed by atoms with E-state index < -0.39 is 48.3 Å². The van der Waals surface area contributed by atoms with E-state index in [1.54, 1.807) is 0 Å². The van der Waals surface area contributed by atoms with E-state index >= 15 is 0 Å². The van der Waals surface area contributed by atoms with Gasteiger partial charge in [0.15, 0.2) is 24.4 Å². The van der Waals surface area contributed by atoms with Crippen LogP contribution < -0.4 is 18.5 Å². The molecular weight excluding hydrogens is 330 g/mol. The topological polar surface area (TPSA) is 335 Å². The Labute approximate surface area is 128 Å². The van der Waals surface area contributed by atoms with Gasteiger partial charge in [-0.15, -0.1) is 0 Å². The lowest BCUT2D eigenvalue weighted by molar-refractivity contribution is -0.165. The first-order valence-corrected chi connectivity index (χ1v) is 4.57. The predicted molar refractivity (Wildman–Crippen MR) is 69.6 cm³/mol. The van der Waals surface area contributed by atoms with Crippen LogP contribution in [-0.2, 0) is 19.2 Å². The summed E-state index contributed by atoms with van der Waals surface area (Å²) in [5.41, 5.74) is 0. The van der Waals surface area contributed by atoms with Crippen LogP contribution in [0.1, 0.15) is 0 Å². The second-order valence-electron chi connectivity index (χ2n) is 3.13. The monoisotopic (exact) mass is 351 g/mol. The number of carboxylic acid groups (broad SMARTS) is 4. The van der Waals surface area contributed by atoms with Gasteiger partial charge in [0.25, 0.3) is 0 Å². The Bertz CT molecular complexity index is 317. The first-order chi connectivity index (χ1) is 8.93. The highest BCUT2D eigenvalue weighted by Gasteiger charge is 2.30. The minimum Gasteiger partial charge on any atom is -0.479 e. The lowest BCUT2D eigenvalue weighted by Crippen LogP contribution is -2.39. The van der Waals surface area contributed by atoms with Crippen molar-refractivity contribution in [2.75, 3.05) is 0 Å². The Kier molecular flexibility index (Phi) is 20.5. The highest BCUT2D eigenvalue weighted by molar-refractivity contribution is 5.83. The summed E-state index contributed by atoms with van der Waals surface area (Å²) in [4.78, 5) is 39.1. The third-order valence-corrected chi connectivity index (χ3v) is 1.61. The first kappa shape index (κ1) is 32.5. The smallest absolute Gasteiger partial charge is 0.335 e. The van der Waals surface area contributed by atoms with Gasteiger partial charge in [-0.25, -0.2) is 19.2 Å². The van der Waals surface area contributed by atoms with Gasteiger partial charge < -0.3 is 59.3 Å². The number of hydrogen-bond acceptors (Lipinski definition) is 11. The van der Waals surface area contributed by atoms with Crippen molar-refractivity contribution in [1.29, 1.82) is 0 Å². The Hall–Kier alpha value is -2.40. The molecule has 15 nitrogen and oxygen atoms in total. The number of rotatable bonds is 6. The average molecular weight is 351 g/mol. The third-order valence-electron chi connectivity index (χ3n) is 1.61. The summed E-state index contributed by atoms with van der Waals surface area (Å²) in [5.74, 6) is -7.07. The molecule has 23 heavy (non-hydrogen) atoms. The minimum absolute atomic E-state index is 0. The van der Waals surface area contributed by atoms with E-state index in [0.717, 1.165) is 0 Å². The summed E-state index contributed by atoms with van der Waals surface area (Å²) in [6.07, 6.45) is -9.06. The van der Waals surface area contributed by atoms with Crippen LogP contribution in [0.15, 0.2) is 0 Å². The Balaban J connectivity index is -0.0000000831. The van der Waals surface area contributed by atoms with Crippen LogP contribution in [0, 0.1) is 0 Å². The highest BCUT2D eigenvalue weighted by Crippen LogP contribution is 1.93. The van der Waals surface area contributed by atoms with Gasteiger partial charge in [0, 0.05) is 0 Å². The predicted octanol–water partition coefficient (Wildman–Crippen LogP) is -3.76. The summed E-state index contributed by atoms with van der Waals surface area (Å²) >= 11 is 0. The van der Waals surface area contributed by atoms with Gasteiger partial charge in [-0.05, 0) is 0 Å². The van der Waals surface area contributed by atoms with Crippen molar-refractivity contribution >= 4 is 23.9 Å². The molecule has 0 rings (SSSR count). The molecule has 0 aliphatic rings. The van der Waals surface area contributed by atoms with E-state index in [4.69, 9.17) is 40.9 Å². The molecule has 4 atom stereocenters. The van der Waals surface area contributed by atoms with E-state index in [-0.39, 0.29) is 18.5 Å². The maximum atomic E-state index is 9.77. The molecule has 15 heteroatoms. The summed E-state index contributed by atoms with van der Waals surface area (Å²) in [6, 6.07) is 0. The zero-order valence-corrected chi connectivity index (χ0v) is 11.6. The summed E-state index contributed by atoms with van der Waals surface area (Å²) < 4.78 is 0. The Morgan fingerprint density at radius 3 is 0.565 bits per heavy atom. The van der Waals surface area contributed by atoms with E-state index in [2.05, 4.69) is 0 Å². The molecule has 0 saturated carbocycles. The number of carbonyl (C=O) groups is 4. The summed E-state index contributed by atoms with van der Waals surface area (Å²) in [7, 11) is 0. The van der Waals surface area contributed by atoms with Crippen LogP contribution in [-0.4, -0.2) is 89.1 Å². The average Bonchev–Trinajstić information content (AvgIpc) is 2.35. The first-order valence-electron chi connectivity index (χ1n) is 4.57. The number of aliphatic hydroxyl groups is 4. The lowest BCUT2D eigenvalue weighted by Gasteiger charge is -2.07. The van der Waals surface area contributed by atoms with Crippen LogP contribution in [0.2, 0.25) is 0 Å². The molecule has 0 spiro atoms. The number of aliphatic hydroxyl groups excluding tert-OH is 4. The second kappa shape index (κ2) is 14.5. The van der Waals surface area contributed by atoms with Crippen molar-refractivity contribution in [2.24, 2.45) is 0 Å². The Morgan fingerprint density at radius 1 is 0.435 bits per heavy atom. The zero-order valence-electron chi connectivity index (χ0n) is 11.6. The van der Waals surface area contributed by atoms with Crippen molar-refractivity contribution in [2.45, 2.75) is 24.4 Å². The van der Waals surface area contributed by atoms with Crippen LogP contribution >= 0.6 is 0 Å². The van der Waals surface area contributed by atoms with Gasteiger partial charge in [-0.3, -0.25) is 0 Å². The number of aliphatic carboxylic acids is 4. The molecule has 0 aliphatic heterocycles. The molecular formula is C8H21N3O12. The molecule has 0 aromatic heterocycles. The van der Waals surface area contributed by atoms with Gasteiger partial charge >= 0.3 is 23.9 Å². The lowest BCUT2D eigenvalue weighted by atomic mass is 10.2. The molecule has 2 unspecified atom stereocenters. The normalized spacial score (nSPS) is 13.7. The van der Waals surface area contributed by atoms with E-state index in [1.165, 1.54) is 0 Å². The summed E-state index contributed by atoms with van der Waals surface area (Å²) in [5, 5.41) is 65.1. The fourth-order valence-electron chi connectivity index (χ4n) is 0.540. The third kappa shape index (κ3) is 13.0. The molecule has 17 N–H and O–H groups in total. The van der Waals surface area contributed by atoms with Crippen molar-refractivity contribution in [3.8, 4) is 0 Å². The maximum Gasteiger partial charge on any atom is 0.335 e. The molecule has 0 saturated heterocycles. The van der Waals surface area contributed by atoms with Gasteiger partial charge in [0.2, 0.25) is 0 Å². The zero-order chi connectivity index (χ0) is 16.6. The molecule has 140 valence electrons. The highest BCUT2D eigenvalue weighted by atomic mass is 16.4. The van der Waals surface area contributed by atoms with E-state index in [1.807, 2.05) is 0 Å². The Morgan fingerprint density at radius 2 is 0.522 bits per heavy atom. The van der Waals surface area contributed by atoms with Crippen molar-refractivity contribution < 1.29 is 60.0 Å². The van der Waals surface area contributed by atoms with Gasteiger partial charge in [0.1, 0.15) is 0 Å². The molecule has 0 aliphatic carbocycles. The molecule has 0 radical (unpaired) electrons.